The Morgan fingerprint density at radius 2 is 1.68 bits per heavy atom. The number of anilines is 1. The predicted molar refractivity (Wildman–Crippen MR) is 147 cm³/mol. The van der Waals surface area contributed by atoms with Gasteiger partial charge in [-0.15, -0.1) is 11.3 Å². The molecule has 0 atom stereocenters. The number of para-hydroxylation sites is 1. The molecule has 6 rings (SSSR count). The fraction of sp³-hybridized carbons (Fsp3) is 0.233. The molecular formula is C30H29N4O3S+. The number of benzene rings is 3. The minimum Gasteiger partial charge on any atom is -0.457 e. The molecule has 1 fully saturated rings. The quantitative estimate of drug-likeness (QED) is 0.370. The fourth-order valence-electron chi connectivity index (χ4n) is 5.21. The zero-order valence-electron chi connectivity index (χ0n) is 21.2. The molecule has 0 unspecified atom stereocenters. The number of nitrogens with zero attached hydrogens (tertiary/aromatic N) is 3. The number of fused-ring (bicyclic) bond motifs is 1. The second-order valence-electron chi connectivity index (χ2n) is 9.76. The highest BCUT2D eigenvalue weighted by Crippen LogP contribution is 2.33. The van der Waals surface area contributed by atoms with Crippen LogP contribution >= 0.6 is 11.3 Å². The lowest BCUT2D eigenvalue weighted by molar-refractivity contribution is -0.914. The van der Waals surface area contributed by atoms with Gasteiger partial charge in [-0.25, -0.2) is 4.98 Å². The van der Waals surface area contributed by atoms with Crippen LogP contribution in [-0.4, -0.2) is 47.9 Å². The van der Waals surface area contributed by atoms with E-state index in [1.807, 2.05) is 66.9 Å². The van der Waals surface area contributed by atoms with Crippen molar-refractivity contribution in [1.29, 1.82) is 0 Å². The lowest BCUT2D eigenvalue weighted by atomic mass is 10.1. The van der Waals surface area contributed by atoms with E-state index in [4.69, 9.17) is 4.74 Å². The van der Waals surface area contributed by atoms with Gasteiger partial charge in [0, 0.05) is 16.6 Å². The van der Waals surface area contributed by atoms with E-state index in [1.54, 1.807) is 6.07 Å². The first-order chi connectivity index (χ1) is 18.5. The molecule has 192 valence electrons. The van der Waals surface area contributed by atoms with Gasteiger partial charge in [0.2, 0.25) is 0 Å². The van der Waals surface area contributed by atoms with E-state index in [1.165, 1.54) is 26.7 Å². The van der Waals surface area contributed by atoms with E-state index in [0.29, 0.717) is 11.1 Å². The number of amides is 2. The summed E-state index contributed by atoms with van der Waals surface area (Å²) in [6, 6.07) is 23.7. The van der Waals surface area contributed by atoms with Gasteiger partial charge in [-0.2, -0.15) is 0 Å². The first-order valence-electron chi connectivity index (χ1n) is 12.9. The summed E-state index contributed by atoms with van der Waals surface area (Å²) in [6.45, 7) is 6.56. The summed E-state index contributed by atoms with van der Waals surface area (Å²) in [7, 11) is 0. The van der Waals surface area contributed by atoms with Crippen molar-refractivity contribution in [1.82, 2.24) is 9.88 Å². The van der Waals surface area contributed by atoms with Crippen LogP contribution in [0.4, 0.5) is 5.69 Å². The van der Waals surface area contributed by atoms with Crippen LogP contribution in [-0.2, 0) is 13.1 Å². The summed E-state index contributed by atoms with van der Waals surface area (Å²) in [5.74, 6) is 1.21. The molecule has 2 aliphatic heterocycles. The van der Waals surface area contributed by atoms with Crippen LogP contribution in [0.15, 0.2) is 78.2 Å². The van der Waals surface area contributed by atoms with Gasteiger partial charge in [0.05, 0.1) is 49.5 Å². The summed E-state index contributed by atoms with van der Waals surface area (Å²) in [4.78, 5) is 36.0. The van der Waals surface area contributed by atoms with Crippen molar-refractivity contribution in [3.05, 3.63) is 106 Å². The van der Waals surface area contributed by atoms with Crippen molar-refractivity contribution in [3.8, 4) is 11.5 Å². The monoisotopic (exact) mass is 525 g/mol. The van der Waals surface area contributed by atoms with Gasteiger partial charge in [0.15, 0.2) is 0 Å². The number of aryl methyl sites for hydroxylation is 1. The van der Waals surface area contributed by atoms with Gasteiger partial charge in [0.1, 0.15) is 23.1 Å². The van der Waals surface area contributed by atoms with Crippen molar-refractivity contribution in [3.63, 3.8) is 0 Å². The van der Waals surface area contributed by atoms with Gasteiger partial charge < -0.3 is 14.5 Å². The first-order valence-corrected chi connectivity index (χ1v) is 13.7. The number of ether oxygens (including phenoxy) is 1. The average molecular weight is 526 g/mol. The van der Waals surface area contributed by atoms with Crippen molar-refractivity contribution in [2.24, 2.45) is 0 Å². The molecule has 0 bridgehead atoms. The molecular weight excluding hydrogens is 496 g/mol. The number of carbonyl (C=O) groups excluding carboxylic acids is 2. The summed E-state index contributed by atoms with van der Waals surface area (Å²) >= 11 is 1.48. The number of quaternary nitrogens is 1. The molecule has 38 heavy (non-hydrogen) atoms. The maximum absolute atomic E-state index is 13.4. The number of hydrogen-bond donors (Lipinski definition) is 1. The Bertz CT molecular complexity index is 1480. The van der Waals surface area contributed by atoms with Crippen molar-refractivity contribution in [2.75, 3.05) is 31.1 Å². The van der Waals surface area contributed by atoms with Crippen LogP contribution < -0.4 is 14.5 Å². The molecule has 0 aliphatic carbocycles. The Balaban J connectivity index is 1.11. The Morgan fingerprint density at radius 3 is 2.45 bits per heavy atom. The van der Waals surface area contributed by atoms with Crippen LogP contribution in [0.1, 0.15) is 37.0 Å². The Hall–Kier alpha value is -4.01. The number of thiazole rings is 1. The summed E-state index contributed by atoms with van der Waals surface area (Å²) < 4.78 is 6.01. The number of aromatic nitrogens is 1. The minimum atomic E-state index is -0.235. The van der Waals surface area contributed by atoms with Crippen LogP contribution in [0.5, 0.6) is 11.5 Å². The molecule has 1 aromatic heterocycles. The average Bonchev–Trinajstić information content (AvgIpc) is 3.46. The number of imide groups is 1. The summed E-state index contributed by atoms with van der Waals surface area (Å²) in [6.07, 6.45) is 0. The molecule has 4 aromatic rings. The highest BCUT2D eigenvalue weighted by atomic mass is 32.1. The van der Waals surface area contributed by atoms with E-state index in [0.717, 1.165) is 60.6 Å². The van der Waals surface area contributed by atoms with E-state index in [-0.39, 0.29) is 18.4 Å². The second kappa shape index (κ2) is 10.4. The third-order valence-corrected chi connectivity index (χ3v) is 8.03. The Morgan fingerprint density at radius 1 is 0.921 bits per heavy atom. The lowest BCUT2D eigenvalue weighted by Crippen LogP contribution is -3.13. The number of piperazine rings is 1. The normalized spacial score (nSPS) is 15.7. The second-order valence-corrected chi connectivity index (χ2v) is 10.7. The number of nitrogens with one attached hydrogen (secondary N) is 1. The van der Waals surface area contributed by atoms with Gasteiger partial charge >= 0.3 is 0 Å². The summed E-state index contributed by atoms with van der Waals surface area (Å²) in [5.41, 5.74) is 4.01. The molecule has 0 radical (unpaired) electrons. The molecule has 3 aromatic carbocycles. The molecule has 1 N–H and O–H groups in total. The molecule has 1 saturated heterocycles. The third-order valence-electron chi connectivity index (χ3n) is 7.08. The van der Waals surface area contributed by atoms with E-state index in [9.17, 15) is 9.59 Å². The zero-order chi connectivity index (χ0) is 26.1. The highest BCUT2D eigenvalue weighted by molar-refractivity contribution is 7.09. The van der Waals surface area contributed by atoms with E-state index >= 15 is 0 Å². The topological polar surface area (TPSA) is 67.2 Å². The van der Waals surface area contributed by atoms with Gasteiger partial charge in [0.25, 0.3) is 11.8 Å². The number of hydrogen-bond acceptors (Lipinski definition) is 6. The van der Waals surface area contributed by atoms with Gasteiger partial charge in [-0.05, 0) is 43.3 Å². The van der Waals surface area contributed by atoms with Crippen molar-refractivity contribution < 1.29 is 19.2 Å². The molecule has 2 amide bonds. The van der Waals surface area contributed by atoms with Gasteiger partial charge in [-0.3, -0.25) is 14.5 Å². The maximum atomic E-state index is 13.4. The standard InChI is InChI=1S/C30H28N4O3S/c1-21-20-38-27(31-21)19-34-29(35)25-11-6-12-26(28(25)30(34)36)33-15-13-32(14-16-33)18-22-7-5-10-24(17-22)37-23-8-3-2-4-9-23/h2-12,17,20H,13-16,18-19H2,1H3/p+1. The molecule has 2 aliphatic rings. The molecule has 7 nitrogen and oxygen atoms in total. The first kappa shape index (κ1) is 24.3. The SMILES string of the molecule is Cc1csc(CN2C(=O)c3cccc(N4CC[NH+](Cc5cccc(Oc6ccccc6)c5)CC4)c3C2=O)n1. The van der Waals surface area contributed by atoms with Crippen LogP contribution in [0.3, 0.4) is 0 Å². The predicted octanol–water partition coefficient (Wildman–Crippen LogP) is 3.95. The lowest BCUT2D eigenvalue weighted by Gasteiger charge is -2.34. The van der Waals surface area contributed by atoms with Crippen molar-refractivity contribution in [2.45, 2.75) is 20.0 Å². The number of carbonyl (C=O) groups is 2. The molecule has 3 heterocycles. The minimum absolute atomic E-state index is 0.218. The molecule has 8 heteroatoms. The van der Waals surface area contributed by atoms with E-state index < -0.39 is 0 Å². The number of rotatable bonds is 7. The van der Waals surface area contributed by atoms with Crippen LogP contribution in [0.25, 0.3) is 0 Å². The molecule has 0 saturated carbocycles. The van der Waals surface area contributed by atoms with Crippen LogP contribution in [0, 0.1) is 6.92 Å². The smallest absolute Gasteiger partial charge is 0.264 e. The highest BCUT2D eigenvalue weighted by Gasteiger charge is 2.39. The maximum Gasteiger partial charge on any atom is 0.264 e. The third kappa shape index (κ3) is 4.92. The van der Waals surface area contributed by atoms with E-state index in [2.05, 4.69) is 22.0 Å². The Labute approximate surface area is 225 Å². The summed E-state index contributed by atoms with van der Waals surface area (Å²) in [5, 5.41) is 2.71. The fourth-order valence-corrected chi connectivity index (χ4v) is 5.97. The zero-order valence-corrected chi connectivity index (χ0v) is 22.0. The molecule has 0 spiro atoms. The van der Waals surface area contributed by atoms with Crippen molar-refractivity contribution >= 4 is 28.8 Å². The van der Waals surface area contributed by atoms with Crippen LogP contribution in [0.2, 0.25) is 0 Å². The Kier molecular flexibility index (Phi) is 6.66. The largest absolute Gasteiger partial charge is 0.457 e. The van der Waals surface area contributed by atoms with Gasteiger partial charge in [-0.1, -0.05) is 36.4 Å².